The van der Waals surface area contributed by atoms with Gasteiger partial charge in [0.05, 0.1) is 16.0 Å². The van der Waals surface area contributed by atoms with Gasteiger partial charge in [-0.15, -0.1) is 11.3 Å². The normalized spacial score (nSPS) is 18.1. The fraction of sp³-hybridized carbons (Fsp3) is 0.312. The van der Waals surface area contributed by atoms with E-state index >= 15 is 0 Å². The van der Waals surface area contributed by atoms with Crippen LogP contribution in [-0.4, -0.2) is 28.6 Å². The second kappa shape index (κ2) is 5.91. The van der Waals surface area contributed by atoms with Gasteiger partial charge in [-0.1, -0.05) is 17.7 Å². The lowest BCUT2D eigenvalue weighted by molar-refractivity contribution is 0.120. The van der Waals surface area contributed by atoms with Gasteiger partial charge in [-0.2, -0.15) is 0 Å². The molecule has 3 aromatic rings. The average molecular weight is 334 g/mol. The molecule has 0 saturated carbocycles. The van der Waals surface area contributed by atoms with Crippen LogP contribution in [-0.2, 0) is 4.74 Å². The molecule has 0 aliphatic carbocycles. The summed E-state index contributed by atoms with van der Waals surface area (Å²) in [5.74, 6) is 0.982. The quantitative estimate of drug-likeness (QED) is 0.773. The summed E-state index contributed by atoms with van der Waals surface area (Å²) in [6, 6.07) is 7.94. The van der Waals surface area contributed by atoms with Crippen molar-refractivity contribution in [3.63, 3.8) is 0 Å². The minimum absolute atomic E-state index is 0.279. The van der Waals surface area contributed by atoms with Crippen LogP contribution in [0.4, 0.5) is 5.82 Å². The van der Waals surface area contributed by atoms with Gasteiger partial charge in [-0.25, -0.2) is 4.98 Å². The third-order valence-corrected chi connectivity index (χ3v) is 4.96. The van der Waals surface area contributed by atoms with Gasteiger partial charge in [-0.3, -0.25) is 4.40 Å². The zero-order chi connectivity index (χ0) is 14.9. The Bertz CT molecular complexity index is 778. The number of hydrogen-bond donors (Lipinski definition) is 1. The van der Waals surface area contributed by atoms with E-state index in [4.69, 9.17) is 21.3 Å². The number of imidazole rings is 1. The van der Waals surface area contributed by atoms with Gasteiger partial charge < -0.3 is 10.1 Å². The fourth-order valence-corrected chi connectivity index (χ4v) is 3.66. The van der Waals surface area contributed by atoms with Crippen molar-refractivity contribution in [2.75, 3.05) is 18.5 Å². The van der Waals surface area contributed by atoms with E-state index in [1.54, 1.807) is 11.3 Å². The highest BCUT2D eigenvalue weighted by Gasteiger charge is 2.19. The summed E-state index contributed by atoms with van der Waals surface area (Å²) in [5, 5.41) is 6.28. The van der Waals surface area contributed by atoms with Crippen molar-refractivity contribution in [1.29, 1.82) is 0 Å². The van der Waals surface area contributed by atoms with E-state index in [1.807, 2.05) is 28.8 Å². The van der Waals surface area contributed by atoms with E-state index in [0.717, 1.165) is 48.0 Å². The predicted octanol–water partition coefficient (Wildman–Crippen LogP) is 4.31. The van der Waals surface area contributed by atoms with Gasteiger partial charge in [0.1, 0.15) is 17.2 Å². The third kappa shape index (κ3) is 2.60. The van der Waals surface area contributed by atoms with Crippen LogP contribution in [0.3, 0.4) is 0 Å². The van der Waals surface area contributed by atoms with Crippen molar-refractivity contribution in [1.82, 2.24) is 9.38 Å². The van der Waals surface area contributed by atoms with Crippen molar-refractivity contribution in [2.24, 2.45) is 0 Å². The summed E-state index contributed by atoms with van der Waals surface area (Å²) < 4.78 is 7.72. The van der Waals surface area contributed by atoms with E-state index < -0.39 is 0 Å². The molecule has 4 nitrogen and oxygen atoms in total. The number of hydrogen-bond acceptors (Lipinski definition) is 4. The first kappa shape index (κ1) is 14.1. The van der Waals surface area contributed by atoms with Crippen LogP contribution in [0, 0.1) is 0 Å². The predicted molar refractivity (Wildman–Crippen MR) is 91.0 cm³/mol. The van der Waals surface area contributed by atoms with Crippen molar-refractivity contribution in [3.05, 3.63) is 40.9 Å². The Labute approximate surface area is 137 Å². The Balaban J connectivity index is 1.74. The third-order valence-electron chi connectivity index (χ3n) is 3.86. The molecule has 0 amide bonds. The molecule has 0 unspecified atom stereocenters. The Hall–Kier alpha value is -1.56. The minimum Gasteiger partial charge on any atom is -0.376 e. The number of rotatable bonds is 4. The number of nitrogens with zero attached hydrogens (tertiary/aromatic N) is 2. The fourth-order valence-electron chi connectivity index (χ4n) is 2.79. The number of ether oxygens (including phenoxy) is 1. The molecule has 0 radical (unpaired) electrons. The Morgan fingerprint density at radius 3 is 3.14 bits per heavy atom. The monoisotopic (exact) mass is 333 g/mol. The molecule has 4 rings (SSSR count). The lowest BCUT2D eigenvalue weighted by Gasteiger charge is -2.12. The van der Waals surface area contributed by atoms with Crippen LogP contribution in [0.25, 0.3) is 16.2 Å². The minimum atomic E-state index is 0.279. The Kier molecular flexibility index (Phi) is 3.78. The number of pyridine rings is 1. The van der Waals surface area contributed by atoms with Gasteiger partial charge in [0.2, 0.25) is 0 Å². The van der Waals surface area contributed by atoms with Crippen molar-refractivity contribution in [3.8, 4) is 10.6 Å². The maximum atomic E-state index is 6.15. The smallest absolute Gasteiger partial charge is 0.139 e. The SMILES string of the molecule is Clc1ccc2nc(-c3cccs3)c(NC[C@H]3CCCO3)n2c1. The standard InChI is InChI=1S/C16H16ClN3OS/c17-11-5-6-14-19-15(13-4-2-8-22-13)16(20(14)10-11)18-9-12-3-1-7-21-12/h2,4-6,8,10,12,18H,1,3,7,9H2/t12-/m1/s1. The van der Waals surface area contributed by atoms with Crippen molar-refractivity contribution < 1.29 is 4.74 Å². The van der Waals surface area contributed by atoms with Gasteiger partial charge in [0, 0.05) is 19.3 Å². The molecule has 114 valence electrons. The summed E-state index contributed by atoms with van der Waals surface area (Å²) in [7, 11) is 0. The molecule has 3 aromatic heterocycles. The Morgan fingerprint density at radius 1 is 1.41 bits per heavy atom. The van der Waals surface area contributed by atoms with Crippen molar-refractivity contribution >= 4 is 34.4 Å². The summed E-state index contributed by atoms with van der Waals surface area (Å²) in [5.41, 5.74) is 1.86. The maximum Gasteiger partial charge on any atom is 0.139 e. The molecule has 1 fully saturated rings. The molecule has 1 aliphatic heterocycles. The zero-order valence-corrected chi connectivity index (χ0v) is 13.5. The van der Waals surface area contributed by atoms with E-state index in [0.29, 0.717) is 5.02 Å². The number of nitrogens with one attached hydrogen (secondary N) is 1. The topological polar surface area (TPSA) is 38.6 Å². The summed E-state index contributed by atoms with van der Waals surface area (Å²) in [4.78, 5) is 5.90. The Morgan fingerprint density at radius 2 is 2.36 bits per heavy atom. The molecule has 0 aromatic carbocycles. The highest BCUT2D eigenvalue weighted by atomic mass is 35.5. The van der Waals surface area contributed by atoms with Crippen LogP contribution in [0.15, 0.2) is 35.8 Å². The van der Waals surface area contributed by atoms with E-state index in [9.17, 15) is 0 Å². The van der Waals surface area contributed by atoms with Crippen molar-refractivity contribution in [2.45, 2.75) is 18.9 Å². The number of fused-ring (bicyclic) bond motifs is 1. The van der Waals surface area contributed by atoms with Gasteiger partial charge in [0.25, 0.3) is 0 Å². The summed E-state index contributed by atoms with van der Waals surface area (Å²) in [6.07, 6.45) is 4.43. The molecule has 1 N–H and O–H groups in total. The first-order chi connectivity index (χ1) is 10.8. The largest absolute Gasteiger partial charge is 0.376 e. The molecule has 0 spiro atoms. The molecule has 22 heavy (non-hydrogen) atoms. The summed E-state index contributed by atoms with van der Waals surface area (Å²) >= 11 is 7.84. The number of aromatic nitrogens is 2. The lowest BCUT2D eigenvalue weighted by Crippen LogP contribution is -2.19. The van der Waals surface area contributed by atoms with Crippen LogP contribution in [0.1, 0.15) is 12.8 Å². The van der Waals surface area contributed by atoms with Crippen LogP contribution in [0.2, 0.25) is 5.02 Å². The number of thiophene rings is 1. The molecule has 1 aliphatic rings. The number of anilines is 1. The average Bonchev–Trinajstić information content (AvgIpc) is 3.25. The first-order valence-corrected chi connectivity index (χ1v) is 8.64. The molecule has 4 heterocycles. The second-order valence-corrected chi connectivity index (χ2v) is 6.76. The van der Waals surface area contributed by atoms with Crippen LogP contribution in [0.5, 0.6) is 0 Å². The van der Waals surface area contributed by atoms with E-state index in [2.05, 4.69) is 16.8 Å². The van der Waals surface area contributed by atoms with Gasteiger partial charge in [-0.05, 0) is 36.4 Å². The lowest BCUT2D eigenvalue weighted by atomic mass is 10.2. The molecule has 1 atom stereocenters. The first-order valence-electron chi connectivity index (χ1n) is 7.38. The molecular weight excluding hydrogens is 318 g/mol. The second-order valence-electron chi connectivity index (χ2n) is 5.38. The maximum absolute atomic E-state index is 6.15. The van der Waals surface area contributed by atoms with E-state index in [-0.39, 0.29) is 6.10 Å². The van der Waals surface area contributed by atoms with E-state index in [1.165, 1.54) is 0 Å². The molecule has 6 heteroatoms. The highest BCUT2D eigenvalue weighted by Crippen LogP contribution is 2.32. The molecular formula is C16H16ClN3OS. The summed E-state index contributed by atoms with van der Waals surface area (Å²) in [6.45, 7) is 1.65. The number of halogens is 1. The van der Waals surface area contributed by atoms with Crippen LogP contribution >= 0.6 is 22.9 Å². The highest BCUT2D eigenvalue weighted by molar-refractivity contribution is 7.13. The zero-order valence-electron chi connectivity index (χ0n) is 12.0. The van der Waals surface area contributed by atoms with Crippen LogP contribution < -0.4 is 5.32 Å². The molecule has 1 saturated heterocycles. The van der Waals surface area contributed by atoms with Gasteiger partial charge >= 0.3 is 0 Å². The molecule has 0 bridgehead atoms. The van der Waals surface area contributed by atoms with Gasteiger partial charge in [0.15, 0.2) is 0 Å².